The lowest BCUT2D eigenvalue weighted by molar-refractivity contribution is -0.111. The lowest BCUT2D eigenvalue weighted by atomic mass is 10.2. The Balaban J connectivity index is 1.40. The summed E-state index contributed by atoms with van der Waals surface area (Å²) in [5.74, 6) is -0.402. The van der Waals surface area contributed by atoms with Crippen molar-refractivity contribution in [3.63, 3.8) is 0 Å². The number of hydrogen-bond acceptors (Lipinski definition) is 5. The van der Waals surface area contributed by atoms with E-state index in [1.165, 1.54) is 24.3 Å². The molecule has 33 heavy (non-hydrogen) atoms. The van der Waals surface area contributed by atoms with E-state index in [9.17, 15) is 14.0 Å². The summed E-state index contributed by atoms with van der Waals surface area (Å²) in [6, 6.07) is 17.7. The minimum Gasteiger partial charge on any atom is -0.454 e. The Morgan fingerprint density at radius 1 is 0.909 bits per heavy atom. The van der Waals surface area contributed by atoms with Crippen molar-refractivity contribution in [2.45, 2.75) is 0 Å². The van der Waals surface area contributed by atoms with Crippen molar-refractivity contribution in [3.8, 4) is 11.5 Å². The molecule has 2 heterocycles. The van der Waals surface area contributed by atoms with Crippen LogP contribution in [-0.4, -0.2) is 18.6 Å². The molecular weight excluding hydrogens is 427 g/mol. The molecule has 0 aliphatic carbocycles. The van der Waals surface area contributed by atoms with Crippen LogP contribution in [-0.2, 0) is 4.79 Å². The topological polar surface area (TPSA) is 89.8 Å². The third-order valence-electron chi connectivity index (χ3n) is 4.96. The van der Waals surface area contributed by atoms with Crippen molar-refractivity contribution in [2.75, 3.05) is 17.4 Å². The predicted molar refractivity (Wildman–Crippen MR) is 121 cm³/mol. The zero-order valence-electron chi connectivity index (χ0n) is 17.1. The number of fused-ring (bicyclic) bond motifs is 2. The first kappa shape index (κ1) is 20.3. The van der Waals surface area contributed by atoms with E-state index in [0.717, 1.165) is 5.56 Å². The van der Waals surface area contributed by atoms with Crippen LogP contribution < -0.4 is 20.1 Å². The molecule has 5 rings (SSSR count). The quantitative estimate of drug-likeness (QED) is 0.413. The van der Waals surface area contributed by atoms with E-state index < -0.39 is 17.6 Å². The Bertz CT molecular complexity index is 1410. The predicted octanol–water partition coefficient (Wildman–Crippen LogP) is 5.20. The van der Waals surface area contributed by atoms with E-state index >= 15 is 0 Å². The standard InChI is InChI=1S/C25H17FN2O5/c26-16-4-3-5-17(13-16)27-25(30)24-23(18-6-1-2-7-19(18)33-24)28-22(29)11-9-15-8-10-20-21(12-15)32-14-31-20/h1-13H,14H2,(H,27,30)(H,28,29)/b11-9-. The molecule has 0 bridgehead atoms. The number of para-hydroxylation sites is 1. The first-order chi connectivity index (χ1) is 16.1. The number of carbonyl (C=O) groups excluding carboxylic acids is 2. The number of ether oxygens (including phenoxy) is 2. The number of benzene rings is 3. The second-order valence-electron chi connectivity index (χ2n) is 7.20. The van der Waals surface area contributed by atoms with Crippen LogP contribution in [0.3, 0.4) is 0 Å². The highest BCUT2D eigenvalue weighted by atomic mass is 19.1. The van der Waals surface area contributed by atoms with E-state index in [4.69, 9.17) is 13.9 Å². The van der Waals surface area contributed by atoms with Crippen LogP contribution in [0.1, 0.15) is 16.1 Å². The van der Waals surface area contributed by atoms with Gasteiger partial charge in [-0.05, 0) is 54.1 Å². The van der Waals surface area contributed by atoms with Gasteiger partial charge in [-0.3, -0.25) is 9.59 Å². The third kappa shape index (κ3) is 4.27. The molecule has 1 aliphatic heterocycles. The largest absolute Gasteiger partial charge is 0.454 e. The molecule has 0 spiro atoms. The Hall–Kier alpha value is -4.59. The molecule has 3 aromatic carbocycles. The molecule has 0 saturated heterocycles. The number of amides is 2. The highest BCUT2D eigenvalue weighted by molar-refractivity contribution is 6.16. The van der Waals surface area contributed by atoms with Gasteiger partial charge in [0, 0.05) is 17.1 Å². The van der Waals surface area contributed by atoms with Crippen LogP contribution in [0.2, 0.25) is 0 Å². The fraction of sp³-hybridized carbons (Fsp3) is 0.0400. The van der Waals surface area contributed by atoms with Crippen molar-refractivity contribution >= 4 is 40.2 Å². The summed E-state index contributed by atoms with van der Waals surface area (Å²) in [6.07, 6.45) is 2.96. The molecular formula is C25H17FN2O5. The molecule has 2 amide bonds. The molecule has 4 aromatic rings. The monoisotopic (exact) mass is 444 g/mol. The summed E-state index contributed by atoms with van der Waals surface area (Å²) < 4.78 is 29.8. The van der Waals surface area contributed by atoms with Crippen LogP contribution in [0, 0.1) is 5.82 Å². The molecule has 1 aromatic heterocycles. The number of carbonyl (C=O) groups is 2. The van der Waals surface area contributed by atoms with Crippen LogP contribution in [0.5, 0.6) is 11.5 Å². The molecule has 2 N–H and O–H groups in total. The Labute approximate surface area is 187 Å². The van der Waals surface area contributed by atoms with Gasteiger partial charge in [0.25, 0.3) is 5.91 Å². The number of rotatable bonds is 5. The van der Waals surface area contributed by atoms with Crippen LogP contribution in [0.25, 0.3) is 17.0 Å². The van der Waals surface area contributed by atoms with Crippen molar-refractivity contribution in [3.05, 3.63) is 89.9 Å². The normalized spacial score (nSPS) is 12.3. The van der Waals surface area contributed by atoms with Gasteiger partial charge >= 0.3 is 0 Å². The average molecular weight is 444 g/mol. The number of halogens is 1. The van der Waals surface area contributed by atoms with E-state index in [1.807, 2.05) is 0 Å². The highest BCUT2D eigenvalue weighted by Gasteiger charge is 2.22. The summed E-state index contributed by atoms with van der Waals surface area (Å²) in [5, 5.41) is 5.87. The summed E-state index contributed by atoms with van der Waals surface area (Å²) >= 11 is 0. The fourth-order valence-electron chi connectivity index (χ4n) is 3.44. The Morgan fingerprint density at radius 3 is 2.64 bits per heavy atom. The van der Waals surface area contributed by atoms with E-state index in [-0.39, 0.29) is 23.9 Å². The molecule has 0 fully saturated rings. The number of furan rings is 1. The van der Waals surface area contributed by atoms with Crippen molar-refractivity contribution < 1.29 is 27.9 Å². The van der Waals surface area contributed by atoms with Crippen molar-refractivity contribution in [1.29, 1.82) is 0 Å². The Morgan fingerprint density at radius 2 is 1.76 bits per heavy atom. The average Bonchev–Trinajstić information content (AvgIpc) is 3.42. The molecule has 0 unspecified atom stereocenters. The first-order valence-electron chi connectivity index (χ1n) is 10.0. The van der Waals surface area contributed by atoms with Crippen LogP contribution in [0.4, 0.5) is 15.8 Å². The van der Waals surface area contributed by atoms with Gasteiger partial charge in [0.15, 0.2) is 11.5 Å². The maximum Gasteiger partial charge on any atom is 0.293 e. The van der Waals surface area contributed by atoms with Gasteiger partial charge in [0.1, 0.15) is 17.1 Å². The highest BCUT2D eigenvalue weighted by Crippen LogP contribution is 2.33. The number of hydrogen-bond donors (Lipinski definition) is 2. The van der Waals surface area contributed by atoms with Gasteiger partial charge in [-0.25, -0.2) is 4.39 Å². The van der Waals surface area contributed by atoms with E-state index in [2.05, 4.69) is 10.6 Å². The van der Waals surface area contributed by atoms with E-state index in [1.54, 1.807) is 54.6 Å². The third-order valence-corrected chi connectivity index (χ3v) is 4.96. The lowest BCUT2D eigenvalue weighted by Crippen LogP contribution is -2.15. The van der Waals surface area contributed by atoms with Gasteiger partial charge in [-0.15, -0.1) is 0 Å². The molecule has 164 valence electrons. The molecule has 0 radical (unpaired) electrons. The summed E-state index contributed by atoms with van der Waals surface area (Å²) in [5.41, 5.74) is 1.66. The minimum atomic E-state index is -0.619. The van der Waals surface area contributed by atoms with Crippen LogP contribution in [0.15, 0.2) is 77.2 Å². The minimum absolute atomic E-state index is 0.0923. The van der Waals surface area contributed by atoms with Crippen molar-refractivity contribution in [1.82, 2.24) is 0 Å². The summed E-state index contributed by atoms with van der Waals surface area (Å²) in [6.45, 7) is 0.164. The molecule has 8 heteroatoms. The second-order valence-corrected chi connectivity index (χ2v) is 7.20. The maximum absolute atomic E-state index is 13.5. The van der Waals surface area contributed by atoms with Gasteiger partial charge in [-0.1, -0.05) is 24.3 Å². The van der Waals surface area contributed by atoms with Gasteiger partial charge < -0.3 is 24.5 Å². The number of anilines is 2. The van der Waals surface area contributed by atoms with Gasteiger partial charge in [-0.2, -0.15) is 0 Å². The lowest BCUT2D eigenvalue weighted by Gasteiger charge is -2.06. The first-order valence-corrected chi connectivity index (χ1v) is 10.0. The zero-order chi connectivity index (χ0) is 22.8. The SMILES string of the molecule is O=C(/C=C\c1ccc2c(c1)OCO2)Nc1c(C(=O)Nc2cccc(F)c2)oc2ccccc12. The smallest absolute Gasteiger partial charge is 0.293 e. The van der Waals surface area contributed by atoms with Gasteiger partial charge in [0.05, 0.1) is 0 Å². The van der Waals surface area contributed by atoms with Crippen LogP contribution >= 0.6 is 0 Å². The van der Waals surface area contributed by atoms with Gasteiger partial charge in [0.2, 0.25) is 18.5 Å². The molecule has 0 atom stereocenters. The summed E-state index contributed by atoms with van der Waals surface area (Å²) in [4.78, 5) is 25.5. The Kier molecular flexibility index (Phi) is 5.24. The van der Waals surface area contributed by atoms with E-state index in [0.29, 0.717) is 22.5 Å². The number of nitrogens with one attached hydrogen (secondary N) is 2. The summed E-state index contributed by atoms with van der Waals surface area (Å²) in [7, 11) is 0. The molecule has 7 nitrogen and oxygen atoms in total. The van der Waals surface area contributed by atoms with Crippen molar-refractivity contribution in [2.24, 2.45) is 0 Å². The fourth-order valence-corrected chi connectivity index (χ4v) is 3.44. The second kappa shape index (κ2) is 8.51. The molecule has 0 saturated carbocycles. The zero-order valence-corrected chi connectivity index (χ0v) is 17.1. The maximum atomic E-state index is 13.5. The molecule has 1 aliphatic rings.